The Balaban J connectivity index is -0.000000616. The molecule has 0 saturated carbocycles. The first kappa shape index (κ1) is 18.3. The summed E-state index contributed by atoms with van der Waals surface area (Å²) in [6.45, 7) is 11.9. The van der Waals surface area contributed by atoms with Crippen LogP contribution in [-0.2, 0) is 0 Å². The molecule has 0 aliphatic carbocycles. The van der Waals surface area contributed by atoms with Gasteiger partial charge in [0.2, 0.25) is 0 Å². The van der Waals surface area contributed by atoms with Crippen molar-refractivity contribution < 1.29 is 1.43 Å². The Morgan fingerprint density at radius 3 is 2.00 bits per heavy atom. The van der Waals surface area contributed by atoms with Crippen LogP contribution in [0.1, 0.15) is 61.2 Å². The highest BCUT2D eigenvalue weighted by molar-refractivity contribution is 4.55. The lowest BCUT2D eigenvalue weighted by Gasteiger charge is -2.18. The summed E-state index contributed by atoms with van der Waals surface area (Å²) in [5.74, 6) is 0.789. The highest BCUT2D eigenvalue weighted by atomic mass is 15.1. The van der Waals surface area contributed by atoms with E-state index in [-0.39, 0.29) is 1.43 Å². The quantitative estimate of drug-likeness (QED) is 0.613. The van der Waals surface area contributed by atoms with Crippen LogP contribution in [-0.4, -0.2) is 31.6 Å². The highest BCUT2D eigenvalue weighted by Gasteiger charge is 2.00. The van der Waals surface area contributed by atoms with Gasteiger partial charge in [0, 0.05) is 7.97 Å². The first-order valence-electron chi connectivity index (χ1n) is 7.05. The van der Waals surface area contributed by atoms with Crippen molar-refractivity contribution in [3.8, 4) is 0 Å². The predicted octanol–water partition coefficient (Wildman–Crippen LogP) is 3.76. The van der Waals surface area contributed by atoms with Crippen molar-refractivity contribution in [3.63, 3.8) is 0 Å². The lowest BCUT2D eigenvalue weighted by Crippen LogP contribution is -2.24. The van der Waals surface area contributed by atoms with Crippen LogP contribution in [0.15, 0.2) is 0 Å². The van der Waals surface area contributed by atoms with Crippen molar-refractivity contribution in [1.29, 1.82) is 0 Å². The molecule has 0 amide bonds. The molecule has 0 aromatic carbocycles. The van der Waals surface area contributed by atoms with Crippen molar-refractivity contribution in [2.45, 2.75) is 59.8 Å². The van der Waals surface area contributed by atoms with Crippen LogP contribution in [0, 0.1) is 5.92 Å². The first-order valence-corrected chi connectivity index (χ1v) is 7.05. The third-order valence-corrected chi connectivity index (χ3v) is 2.42. The molecule has 0 aromatic heterocycles. The molecule has 0 aromatic rings. The zero-order chi connectivity index (χ0) is 12.8. The summed E-state index contributed by atoms with van der Waals surface area (Å²) in [4.78, 5) is 2.44. The molecular formula is C14H36N2. The van der Waals surface area contributed by atoms with Crippen LogP contribution in [0.5, 0.6) is 0 Å². The van der Waals surface area contributed by atoms with Gasteiger partial charge in [-0.25, -0.2) is 0 Å². The average molecular weight is 232 g/mol. The molecule has 0 saturated heterocycles. The van der Waals surface area contributed by atoms with Gasteiger partial charge >= 0.3 is 0 Å². The van der Waals surface area contributed by atoms with E-state index in [9.17, 15) is 0 Å². The second-order valence-corrected chi connectivity index (χ2v) is 4.71. The van der Waals surface area contributed by atoms with E-state index in [0.29, 0.717) is 0 Å². The van der Waals surface area contributed by atoms with Crippen molar-refractivity contribution in [2.24, 2.45) is 11.7 Å². The average Bonchev–Trinajstić information content (AvgIpc) is 2.25. The smallest absolute Gasteiger partial charge is 0.000133 e. The van der Waals surface area contributed by atoms with Gasteiger partial charge in [0.15, 0.2) is 0 Å². The highest BCUT2D eigenvalue weighted by Crippen LogP contribution is 2.04. The van der Waals surface area contributed by atoms with Gasteiger partial charge in [-0.2, -0.15) is 0 Å². The largest absolute Gasteiger partial charge is 0.330 e. The van der Waals surface area contributed by atoms with E-state index in [1.165, 1.54) is 45.2 Å². The van der Waals surface area contributed by atoms with Crippen molar-refractivity contribution >= 4 is 0 Å². The lowest BCUT2D eigenvalue weighted by molar-refractivity contribution is 0.288. The van der Waals surface area contributed by atoms with Crippen LogP contribution in [0.2, 0.25) is 0 Å². The minimum absolute atomic E-state index is 0. The van der Waals surface area contributed by atoms with Gasteiger partial charge in [-0.1, -0.05) is 47.0 Å². The topological polar surface area (TPSA) is 29.3 Å². The molecule has 16 heavy (non-hydrogen) atoms. The number of nitrogens with two attached hydrogens (primary N) is 1. The fourth-order valence-corrected chi connectivity index (χ4v) is 1.77. The number of nitrogens with zero attached hydrogens (tertiary/aromatic N) is 1. The number of hydrogen-bond acceptors (Lipinski definition) is 2. The monoisotopic (exact) mass is 232 g/mol. The number of unbranched alkanes of at least 4 members (excludes halogenated alkanes) is 4. The molecule has 0 rings (SSSR count). The van der Waals surface area contributed by atoms with Gasteiger partial charge in [0.25, 0.3) is 0 Å². The zero-order valence-electron chi connectivity index (χ0n) is 12.3. The van der Waals surface area contributed by atoms with E-state index in [0.717, 1.165) is 12.5 Å². The summed E-state index contributed by atoms with van der Waals surface area (Å²) in [5.41, 5.74) is 5.44. The van der Waals surface area contributed by atoms with Crippen LogP contribution in [0.25, 0.3) is 0 Å². The third-order valence-electron chi connectivity index (χ3n) is 2.42. The van der Waals surface area contributed by atoms with E-state index in [1.54, 1.807) is 0 Å². The molecular weight excluding hydrogens is 196 g/mol. The van der Waals surface area contributed by atoms with Crippen molar-refractivity contribution in [2.75, 3.05) is 26.7 Å². The van der Waals surface area contributed by atoms with Crippen LogP contribution >= 0.6 is 0 Å². The lowest BCUT2D eigenvalue weighted by atomic mass is 10.1. The molecule has 0 spiro atoms. The third kappa shape index (κ3) is 16.4. The second-order valence-electron chi connectivity index (χ2n) is 4.71. The summed E-state index contributed by atoms with van der Waals surface area (Å²) in [6, 6.07) is 0. The molecule has 0 radical (unpaired) electrons. The fourth-order valence-electron chi connectivity index (χ4n) is 1.77. The van der Waals surface area contributed by atoms with Gasteiger partial charge in [-0.15, -0.1) is 0 Å². The van der Waals surface area contributed by atoms with Crippen LogP contribution in [0.4, 0.5) is 0 Å². The molecule has 2 nitrogen and oxygen atoms in total. The minimum atomic E-state index is 0. The molecule has 0 aliphatic heterocycles. The molecule has 0 aliphatic rings. The molecule has 2 N–H and O–H groups in total. The van der Waals surface area contributed by atoms with Gasteiger partial charge < -0.3 is 10.6 Å². The Morgan fingerprint density at radius 1 is 1.00 bits per heavy atom. The Hall–Kier alpha value is -0.0800. The summed E-state index contributed by atoms with van der Waals surface area (Å²) in [5, 5.41) is 0. The summed E-state index contributed by atoms with van der Waals surface area (Å²) < 4.78 is 0. The Bertz CT molecular complexity index is 119. The van der Waals surface area contributed by atoms with Gasteiger partial charge in [0.1, 0.15) is 0 Å². The normalized spacial score (nSPS) is 10.5. The number of rotatable bonds is 9. The maximum atomic E-state index is 5.44. The van der Waals surface area contributed by atoms with E-state index < -0.39 is 0 Å². The first-order chi connectivity index (χ1) is 7.66. The van der Waals surface area contributed by atoms with E-state index >= 15 is 0 Å². The van der Waals surface area contributed by atoms with E-state index in [2.05, 4.69) is 25.8 Å². The van der Waals surface area contributed by atoms with Crippen LogP contribution in [0.3, 0.4) is 0 Å². The molecule has 102 valence electrons. The van der Waals surface area contributed by atoms with Gasteiger partial charge in [-0.05, 0) is 38.9 Å². The van der Waals surface area contributed by atoms with Crippen molar-refractivity contribution in [3.05, 3.63) is 0 Å². The zero-order valence-corrected chi connectivity index (χ0v) is 12.3. The number of hydrogen-bond donors (Lipinski definition) is 1. The Morgan fingerprint density at radius 2 is 1.50 bits per heavy atom. The SMILES string of the molecule is CC.CC(C)CN(C)CCCCCCCN.[HH]. The summed E-state index contributed by atoms with van der Waals surface area (Å²) in [6.07, 6.45) is 6.56. The summed E-state index contributed by atoms with van der Waals surface area (Å²) >= 11 is 0. The Labute approximate surface area is 105 Å². The maximum absolute atomic E-state index is 5.44. The summed E-state index contributed by atoms with van der Waals surface area (Å²) in [7, 11) is 2.22. The van der Waals surface area contributed by atoms with E-state index in [1.807, 2.05) is 13.8 Å². The van der Waals surface area contributed by atoms with Gasteiger partial charge in [-0.3, -0.25) is 0 Å². The van der Waals surface area contributed by atoms with Gasteiger partial charge in [0.05, 0.1) is 0 Å². The molecule has 0 unspecified atom stereocenters. The molecule has 0 bridgehead atoms. The van der Waals surface area contributed by atoms with Crippen molar-refractivity contribution in [1.82, 2.24) is 4.90 Å². The standard InChI is InChI=1S/C12H28N2.C2H6.H2/c1-12(2)11-14(3)10-8-6-4-5-7-9-13;1-2;/h12H,4-11,13H2,1-3H3;1-2H3;1H. The predicted molar refractivity (Wildman–Crippen MR) is 77.9 cm³/mol. The molecule has 2 heteroatoms. The second kappa shape index (κ2) is 14.9. The van der Waals surface area contributed by atoms with Crippen LogP contribution < -0.4 is 5.73 Å². The minimum Gasteiger partial charge on any atom is -0.330 e. The maximum Gasteiger partial charge on any atom is 0.000133 e. The molecule has 0 atom stereocenters. The molecule has 0 fully saturated rings. The van der Waals surface area contributed by atoms with E-state index in [4.69, 9.17) is 5.73 Å². The molecule has 0 heterocycles. The fraction of sp³-hybridized carbons (Fsp3) is 1.00. The Kier molecular flexibility index (Phi) is 17.1.